The van der Waals surface area contributed by atoms with Crippen LogP contribution >= 0.6 is 0 Å². The molecule has 5 heteroatoms. The SMILES string of the molecule is COc1ccc(CCn2cc(O)c(=O)cc2CN(C)C)cc1. The van der Waals surface area contributed by atoms with Gasteiger partial charge in [-0.2, -0.15) is 0 Å². The molecule has 0 bridgehead atoms. The number of aromatic hydroxyl groups is 1. The van der Waals surface area contributed by atoms with E-state index < -0.39 is 0 Å². The van der Waals surface area contributed by atoms with Gasteiger partial charge in [-0.25, -0.2) is 0 Å². The van der Waals surface area contributed by atoms with E-state index in [0.717, 1.165) is 17.9 Å². The van der Waals surface area contributed by atoms with Gasteiger partial charge in [0.2, 0.25) is 5.43 Å². The van der Waals surface area contributed by atoms with Gasteiger partial charge in [-0.3, -0.25) is 4.79 Å². The van der Waals surface area contributed by atoms with Crippen LogP contribution in [0.1, 0.15) is 11.3 Å². The molecule has 0 radical (unpaired) electrons. The number of rotatable bonds is 6. The lowest BCUT2D eigenvalue weighted by Crippen LogP contribution is -2.20. The quantitative estimate of drug-likeness (QED) is 0.885. The van der Waals surface area contributed by atoms with Gasteiger partial charge < -0.3 is 19.3 Å². The average molecular weight is 302 g/mol. The lowest BCUT2D eigenvalue weighted by Gasteiger charge is -2.17. The average Bonchev–Trinajstić information content (AvgIpc) is 2.49. The van der Waals surface area contributed by atoms with E-state index >= 15 is 0 Å². The Morgan fingerprint density at radius 3 is 2.50 bits per heavy atom. The number of benzene rings is 1. The van der Waals surface area contributed by atoms with Crippen molar-refractivity contribution in [3.05, 3.63) is 58.0 Å². The zero-order chi connectivity index (χ0) is 16.1. The van der Waals surface area contributed by atoms with Crippen molar-refractivity contribution in [1.29, 1.82) is 0 Å². The molecule has 1 aromatic heterocycles. The molecule has 0 fully saturated rings. The number of pyridine rings is 1. The molecule has 2 aromatic rings. The van der Waals surface area contributed by atoms with E-state index in [9.17, 15) is 9.90 Å². The fraction of sp³-hybridized carbons (Fsp3) is 0.353. The van der Waals surface area contributed by atoms with Crippen LogP contribution in [-0.2, 0) is 19.5 Å². The Kier molecular flexibility index (Phi) is 5.22. The Morgan fingerprint density at radius 2 is 1.91 bits per heavy atom. The van der Waals surface area contributed by atoms with Crippen LogP contribution < -0.4 is 10.2 Å². The van der Waals surface area contributed by atoms with Crippen molar-refractivity contribution in [2.45, 2.75) is 19.5 Å². The largest absolute Gasteiger partial charge is 0.503 e. The summed E-state index contributed by atoms with van der Waals surface area (Å²) in [7, 11) is 5.54. The maximum absolute atomic E-state index is 11.6. The number of hydrogen-bond donors (Lipinski definition) is 1. The second-order valence-electron chi connectivity index (χ2n) is 5.54. The van der Waals surface area contributed by atoms with Gasteiger partial charge in [0, 0.05) is 24.8 Å². The Hall–Kier alpha value is -2.27. The third kappa shape index (κ3) is 4.11. The molecule has 2 rings (SSSR count). The van der Waals surface area contributed by atoms with Crippen molar-refractivity contribution in [3.8, 4) is 11.5 Å². The smallest absolute Gasteiger partial charge is 0.223 e. The summed E-state index contributed by atoms with van der Waals surface area (Å²) >= 11 is 0. The standard InChI is InChI=1S/C17H22N2O3/c1-18(2)11-14-10-16(20)17(21)12-19(14)9-8-13-4-6-15(22-3)7-5-13/h4-7,10,12,21H,8-9,11H2,1-3H3. The zero-order valence-electron chi connectivity index (χ0n) is 13.2. The molecule has 0 aliphatic rings. The molecule has 0 aliphatic heterocycles. The number of nitrogens with zero attached hydrogens (tertiary/aromatic N) is 2. The number of aromatic nitrogens is 1. The molecule has 22 heavy (non-hydrogen) atoms. The molecule has 1 aromatic carbocycles. The first-order chi connectivity index (χ1) is 10.5. The van der Waals surface area contributed by atoms with E-state index in [4.69, 9.17) is 4.74 Å². The van der Waals surface area contributed by atoms with Crippen molar-refractivity contribution in [3.63, 3.8) is 0 Å². The van der Waals surface area contributed by atoms with E-state index in [-0.39, 0.29) is 11.2 Å². The summed E-state index contributed by atoms with van der Waals surface area (Å²) in [6.07, 6.45) is 2.33. The van der Waals surface area contributed by atoms with Gasteiger partial charge in [-0.1, -0.05) is 12.1 Å². The second-order valence-corrected chi connectivity index (χ2v) is 5.54. The van der Waals surface area contributed by atoms with E-state index in [0.29, 0.717) is 13.1 Å². The zero-order valence-corrected chi connectivity index (χ0v) is 13.2. The van der Waals surface area contributed by atoms with Crippen LogP contribution in [0.2, 0.25) is 0 Å². The monoisotopic (exact) mass is 302 g/mol. The van der Waals surface area contributed by atoms with E-state index in [1.54, 1.807) is 7.11 Å². The predicted molar refractivity (Wildman–Crippen MR) is 86.5 cm³/mol. The lowest BCUT2D eigenvalue weighted by molar-refractivity contribution is 0.381. The molecule has 0 saturated carbocycles. The minimum Gasteiger partial charge on any atom is -0.503 e. The Labute approximate surface area is 130 Å². The normalized spacial score (nSPS) is 10.9. The summed E-state index contributed by atoms with van der Waals surface area (Å²) in [5.41, 5.74) is 1.73. The number of methoxy groups -OCH3 is 1. The van der Waals surface area contributed by atoms with Gasteiger partial charge in [0.25, 0.3) is 0 Å². The minimum absolute atomic E-state index is 0.211. The molecule has 0 atom stereocenters. The van der Waals surface area contributed by atoms with Crippen LogP contribution in [0.5, 0.6) is 11.5 Å². The van der Waals surface area contributed by atoms with Crippen molar-refractivity contribution in [2.24, 2.45) is 0 Å². The molecule has 1 heterocycles. The van der Waals surface area contributed by atoms with Crippen LogP contribution in [0.15, 0.2) is 41.3 Å². The molecule has 5 nitrogen and oxygen atoms in total. The Bertz CT molecular complexity index is 675. The van der Waals surface area contributed by atoms with Gasteiger partial charge in [-0.05, 0) is 38.2 Å². The van der Waals surface area contributed by atoms with Crippen molar-refractivity contribution in [1.82, 2.24) is 9.47 Å². The van der Waals surface area contributed by atoms with Crippen LogP contribution in [0.3, 0.4) is 0 Å². The number of aryl methyl sites for hydroxylation is 2. The lowest BCUT2D eigenvalue weighted by atomic mass is 10.1. The first-order valence-electron chi connectivity index (χ1n) is 7.19. The maximum Gasteiger partial charge on any atom is 0.223 e. The van der Waals surface area contributed by atoms with Gasteiger partial charge in [0.1, 0.15) is 5.75 Å². The van der Waals surface area contributed by atoms with E-state index in [2.05, 4.69) is 0 Å². The summed E-state index contributed by atoms with van der Waals surface area (Å²) in [5.74, 6) is 0.621. The highest BCUT2D eigenvalue weighted by Crippen LogP contribution is 2.13. The van der Waals surface area contributed by atoms with Gasteiger partial charge in [0.15, 0.2) is 5.75 Å². The maximum atomic E-state index is 11.6. The fourth-order valence-electron chi connectivity index (χ4n) is 2.31. The van der Waals surface area contributed by atoms with Crippen LogP contribution in [0.25, 0.3) is 0 Å². The minimum atomic E-state index is -0.336. The molecule has 0 unspecified atom stereocenters. The van der Waals surface area contributed by atoms with Gasteiger partial charge in [-0.15, -0.1) is 0 Å². The highest BCUT2D eigenvalue weighted by molar-refractivity contribution is 5.27. The molecule has 0 saturated heterocycles. The summed E-state index contributed by atoms with van der Waals surface area (Å²) in [5, 5.41) is 9.66. The highest BCUT2D eigenvalue weighted by atomic mass is 16.5. The molecule has 0 amide bonds. The molecular weight excluding hydrogens is 280 g/mol. The van der Waals surface area contributed by atoms with Crippen LogP contribution in [-0.4, -0.2) is 35.8 Å². The fourth-order valence-corrected chi connectivity index (χ4v) is 2.31. The second kappa shape index (κ2) is 7.13. The van der Waals surface area contributed by atoms with Crippen molar-refractivity contribution >= 4 is 0 Å². The summed E-state index contributed by atoms with van der Waals surface area (Å²) in [6, 6.07) is 9.40. The van der Waals surface area contributed by atoms with Crippen molar-refractivity contribution in [2.75, 3.05) is 21.2 Å². The predicted octanol–water partition coefficient (Wildman–Crippen LogP) is 1.87. The Balaban J connectivity index is 2.16. The first kappa shape index (κ1) is 16.1. The third-order valence-electron chi connectivity index (χ3n) is 3.48. The Morgan fingerprint density at radius 1 is 1.23 bits per heavy atom. The van der Waals surface area contributed by atoms with Crippen LogP contribution in [0.4, 0.5) is 0 Å². The van der Waals surface area contributed by atoms with E-state index in [1.165, 1.54) is 17.8 Å². The molecule has 118 valence electrons. The highest BCUT2D eigenvalue weighted by Gasteiger charge is 2.07. The van der Waals surface area contributed by atoms with Crippen LogP contribution in [0, 0.1) is 0 Å². The third-order valence-corrected chi connectivity index (χ3v) is 3.48. The molecule has 0 spiro atoms. The van der Waals surface area contributed by atoms with Gasteiger partial charge in [0.05, 0.1) is 13.3 Å². The van der Waals surface area contributed by atoms with Gasteiger partial charge >= 0.3 is 0 Å². The number of hydrogen-bond acceptors (Lipinski definition) is 4. The molecular formula is C17H22N2O3. The van der Waals surface area contributed by atoms with Crippen molar-refractivity contribution < 1.29 is 9.84 Å². The summed E-state index contributed by atoms with van der Waals surface area (Å²) in [6.45, 7) is 1.35. The molecule has 0 aliphatic carbocycles. The topological polar surface area (TPSA) is 54.7 Å². The molecule has 1 N–H and O–H groups in total. The van der Waals surface area contributed by atoms with E-state index in [1.807, 2.05) is 47.8 Å². The first-order valence-corrected chi connectivity index (χ1v) is 7.19. The summed E-state index contributed by atoms with van der Waals surface area (Å²) in [4.78, 5) is 13.6. The number of ether oxygens (including phenoxy) is 1. The summed E-state index contributed by atoms with van der Waals surface area (Å²) < 4.78 is 7.08.